The van der Waals surface area contributed by atoms with Gasteiger partial charge >= 0.3 is 5.97 Å². The molecular weight excluding hydrogens is 312 g/mol. The van der Waals surface area contributed by atoms with Crippen LogP contribution in [-0.2, 0) is 4.74 Å². The molecule has 1 rings (SSSR count). The molecule has 1 N–H and O–H groups in total. The van der Waals surface area contributed by atoms with E-state index in [9.17, 15) is 9.90 Å². The molecule has 0 aliphatic carbocycles. The van der Waals surface area contributed by atoms with Crippen molar-refractivity contribution in [2.45, 2.75) is 6.42 Å². The fourth-order valence-corrected chi connectivity index (χ4v) is 2.06. The summed E-state index contributed by atoms with van der Waals surface area (Å²) in [5, 5.41) is 17.9. The molecule has 0 radical (unpaired) electrons. The van der Waals surface area contributed by atoms with E-state index in [0.717, 1.165) is 0 Å². The van der Waals surface area contributed by atoms with Gasteiger partial charge in [0.1, 0.15) is 0 Å². The highest BCUT2D eigenvalue weighted by atomic mass is 79.9. The van der Waals surface area contributed by atoms with Crippen molar-refractivity contribution >= 4 is 27.6 Å². The van der Waals surface area contributed by atoms with E-state index >= 15 is 0 Å². The van der Waals surface area contributed by atoms with Crippen molar-refractivity contribution in [3.8, 4) is 6.07 Å². The molecule has 19 heavy (non-hydrogen) atoms. The normalized spacial score (nSPS) is 9.95. The van der Waals surface area contributed by atoms with Gasteiger partial charge in [-0.05, 0) is 18.2 Å². The number of carbonyl (C=O) groups is 1. The number of nitriles is 1. The molecular formula is C13H15BrN2O3. The van der Waals surface area contributed by atoms with Crippen LogP contribution >= 0.6 is 15.9 Å². The van der Waals surface area contributed by atoms with Crippen molar-refractivity contribution < 1.29 is 14.6 Å². The first kappa shape index (κ1) is 15.5. The zero-order chi connectivity index (χ0) is 14.3. The standard InChI is InChI=1S/C13H15BrN2O3/c1-19-8-7-16(6-2-5-15)12-4-3-10(14)9-11(12)13(17)18/h3-4,9H,2,6-8H2,1H3,(H,17,18). The van der Waals surface area contributed by atoms with Crippen molar-refractivity contribution in [2.24, 2.45) is 0 Å². The molecule has 1 aromatic rings. The molecule has 6 heteroatoms. The Bertz CT molecular complexity index is 485. The molecule has 0 heterocycles. The van der Waals surface area contributed by atoms with Crippen LogP contribution in [0.3, 0.4) is 0 Å². The quantitative estimate of drug-likeness (QED) is 0.833. The van der Waals surface area contributed by atoms with E-state index in [1.54, 1.807) is 25.3 Å². The molecule has 0 saturated carbocycles. The topological polar surface area (TPSA) is 73.6 Å². The summed E-state index contributed by atoms with van der Waals surface area (Å²) < 4.78 is 5.73. The molecule has 0 spiro atoms. The van der Waals surface area contributed by atoms with Crippen LogP contribution in [0.15, 0.2) is 22.7 Å². The number of hydrogen-bond donors (Lipinski definition) is 1. The first-order chi connectivity index (χ1) is 9.10. The summed E-state index contributed by atoms with van der Waals surface area (Å²) in [4.78, 5) is 13.1. The Labute approximate surface area is 120 Å². The van der Waals surface area contributed by atoms with Gasteiger partial charge in [0, 0.05) is 24.7 Å². The summed E-state index contributed by atoms with van der Waals surface area (Å²) >= 11 is 3.26. The average Bonchev–Trinajstić information content (AvgIpc) is 2.39. The number of hydrogen-bond acceptors (Lipinski definition) is 4. The van der Waals surface area contributed by atoms with Crippen LogP contribution in [0.2, 0.25) is 0 Å². The lowest BCUT2D eigenvalue weighted by Crippen LogP contribution is -2.29. The molecule has 102 valence electrons. The molecule has 0 aromatic heterocycles. The third-order valence-corrected chi connectivity index (χ3v) is 3.08. The van der Waals surface area contributed by atoms with Gasteiger partial charge in [-0.15, -0.1) is 0 Å². The Morgan fingerprint density at radius 2 is 2.26 bits per heavy atom. The van der Waals surface area contributed by atoms with Gasteiger partial charge in [0.05, 0.1) is 30.3 Å². The van der Waals surface area contributed by atoms with Crippen LogP contribution in [-0.4, -0.2) is 37.9 Å². The van der Waals surface area contributed by atoms with Gasteiger partial charge in [-0.25, -0.2) is 4.79 Å². The molecule has 0 amide bonds. The monoisotopic (exact) mass is 326 g/mol. The maximum absolute atomic E-state index is 11.3. The highest BCUT2D eigenvalue weighted by Crippen LogP contribution is 2.25. The summed E-state index contributed by atoms with van der Waals surface area (Å²) in [6, 6.07) is 7.15. The van der Waals surface area contributed by atoms with E-state index in [4.69, 9.17) is 10.00 Å². The van der Waals surface area contributed by atoms with Crippen LogP contribution in [0.25, 0.3) is 0 Å². The SMILES string of the molecule is COCCN(CCC#N)c1ccc(Br)cc1C(=O)O. The Morgan fingerprint density at radius 3 is 2.84 bits per heavy atom. The summed E-state index contributed by atoms with van der Waals surface area (Å²) in [5.74, 6) is -0.990. The van der Waals surface area contributed by atoms with E-state index in [1.807, 2.05) is 4.90 Å². The number of halogens is 1. The molecule has 0 saturated heterocycles. The minimum absolute atomic E-state index is 0.211. The van der Waals surface area contributed by atoms with Gasteiger partial charge < -0.3 is 14.7 Å². The number of carboxylic acids is 1. The van der Waals surface area contributed by atoms with Crippen LogP contribution in [0.1, 0.15) is 16.8 Å². The largest absolute Gasteiger partial charge is 0.478 e. The summed E-state index contributed by atoms with van der Waals surface area (Å²) in [6.07, 6.45) is 0.332. The molecule has 1 aromatic carbocycles. The van der Waals surface area contributed by atoms with Gasteiger partial charge in [0.2, 0.25) is 0 Å². The zero-order valence-electron chi connectivity index (χ0n) is 10.6. The van der Waals surface area contributed by atoms with Crippen molar-refractivity contribution in [3.05, 3.63) is 28.2 Å². The molecule has 0 bridgehead atoms. The number of nitrogens with zero attached hydrogens (tertiary/aromatic N) is 2. The number of anilines is 1. The van der Waals surface area contributed by atoms with Crippen molar-refractivity contribution in [1.29, 1.82) is 5.26 Å². The number of methoxy groups -OCH3 is 1. The van der Waals surface area contributed by atoms with Gasteiger partial charge in [0.25, 0.3) is 0 Å². The number of carboxylic acid groups (broad SMARTS) is 1. The predicted octanol–water partition coefficient (Wildman–Crippen LogP) is 2.51. The van der Waals surface area contributed by atoms with Crippen LogP contribution in [0.4, 0.5) is 5.69 Å². The lowest BCUT2D eigenvalue weighted by atomic mass is 10.1. The van der Waals surface area contributed by atoms with E-state index in [0.29, 0.717) is 36.3 Å². The number of rotatable bonds is 7. The maximum Gasteiger partial charge on any atom is 0.337 e. The van der Waals surface area contributed by atoms with E-state index in [1.165, 1.54) is 0 Å². The highest BCUT2D eigenvalue weighted by molar-refractivity contribution is 9.10. The maximum atomic E-state index is 11.3. The van der Waals surface area contributed by atoms with Crippen molar-refractivity contribution in [2.75, 3.05) is 31.7 Å². The fraction of sp³-hybridized carbons (Fsp3) is 0.385. The van der Waals surface area contributed by atoms with Crippen LogP contribution in [0, 0.1) is 11.3 Å². The second-order valence-electron chi connectivity index (χ2n) is 3.85. The zero-order valence-corrected chi connectivity index (χ0v) is 12.2. The number of ether oxygens (including phenoxy) is 1. The summed E-state index contributed by atoms with van der Waals surface area (Å²) in [7, 11) is 1.59. The van der Waals surface area contributed by atoms with E-state index < -0.39 is 5.97 Å². The van der Waals surface area contributed by atoms with Gasteiger partial charge in [-0.1, -0.05) is 15.9 Å². The lowest BCUT2D eigenvalue weighted by molar-refractivity contribution is 0.0697. The van der Waals surface area contributed by atoms with Gasteiger partial charge in [0.15, 0.2) is 0 Å². The first-order valence-electron chi connectivity index (χ1n) is 5.73. The number of aromatic carboxylic acids is 1. The van der Waals surface area contributed by atoms with Crippen molar-refractivity contribution in [1.82, 2.24) is 0 Å². The Morgan fingerprint density at radius 1 is 1.53 bits per heavy atom. The molecule has 0 fully saturated rings. The minimum atomic E-state index is -0.990. The van der Waals surface area contributed by atoms with E-state index in [2.05, 4.69) is 22.0 Å². The average molecular weight is 327 g/mol. The molecule has 0 aliphatic rings. The smallest absolute Gasteiger partial charge is 0.337 e. The Hall–Kier alpha value is -1.58. The Kier molecular flexibility index (Phi) is 6.33. The molecule has 0 unspecified atom stereocenters. The first-order valence-corrected chi connectivity index (χ1v) is 6.53. The number of benzene rings is 1. The second kappa shape index (κ2) is 7.77. The van der Waals surface area contributed by atoms with Crippen LogP contribution in [0.5, 0.6) is 0 Å². The molecule has 5 nitrogen and oxygen atoms in total. The van der Waals surface area contributed by atoms with Gasteiger partial charge in [-0.3, -0.25) is 0 Å². The summed E-state index contributed by atoms with van der Waals surface area (Å²) in [6.45, 7) is 1.49. The Balaban J connectivity index is 3.06. The second-order valence-corrected chi connectivity index (χ2v) is 4.77. The fourth-order valence-electron chi connectivity index (χ4n) is 1.69. The van der Waals surface area contributed by atoms with Crippen LogP contribution < -0.4 is 4.90 Å². The van der Waals surface area contributed by atoms with E-state index in [-0.39, 0.29) is 5.56 Å². The predicted molar refractivity (Wildman–Crippen MR) is 75.4 cm³/mol. The van der Waals surface area contributed by atoms with Gasteiger partial charge in [-0.2, -0.15) is 5.26 Å². The van der Waals surface area contributed by atoms with Crippen molar-refractivity contribution in [3.63, 3.8) is 0 Å². The third-order valence-electron chi connectivity index (χ3n) is 2.59. The lowest BCUT2D eigenvalue weighted by Gasteiger charge is -2.25. The molecule has 0 atom stereocenters. The minimum Gasteiger partial charge on any atom is -0.478 e. The highest BCUT2D eigenvalue weighted by Gasteiger charge is 2.16. The summed E-state index contributed by atoms with van der Waals surface area (Å²) in [5.41, 5.74) is 0.811. The molecule has 0 aliphatic heterocycles. The third kappa shape index (κ3) is 4.54.